The van der Waals surface area contributed by atoms with Crippen molar-refractivity contribution in [2.45, 2.75) is 31.9 Å². The molecular formula is C14H16ClFN2O3. The summed E-state index contributed by atoms with van der Waals surface area (Å²) in [5, 5.41) is 12.3. The first-order chi connectivity index (χ1) is 9.79. The molecule has 1 aliphatic heterocycles. The van der Waals surface area contributed by atoms with Crippen molar-refractivity contribution in [3.63, 3.8) is 0 Å². The summed E-state index contributed by atoms with van der Waals surface area (Å²) in [5.74, 6) is -1.05. The van der Waals surface area contributed by atoms with E-state index in [1.165, 1.54) is 19.1 Å². The summed E-state index contributed by atoms with van der Waals surface area (Å²) in [4.78, 5) is 25.4. The lowest BCUT2D eigenvalue weighted by Crippen LogP contribution is -2.42. The van der Waals surface area contributed by atoms with Crippen LogP contribution in [0, 0.1) is 5.82 Å². The maximum atomic E-state index is 13.1. The van der Waals surface area contributed by atoms with Crippen LogP contribution in [0.1, 0.15) is 25.8 Å². The van der Waals surface area contributed by atoms with Crippen LogP contribution in [0.25, 0.3) is 0 Å². The monoisotopic (exact) mass is 314 g/mol. The quantitative estimate of drug-likeness (QED) is 0.835. The molecule has 1 heterocycles. The molecular weight excluding hydrogens is 299 g/mol. The molecule has 2 atom stereocenters. The number of imide groups is 1. The molecule has 0 bridgehead atoms. The zero-order chi connectivity index (χ0) is 15.8. The molecule has 1 saturated heterocycles. The second kappa shape index (κ2) is 5.61. The standard InChI is InChI=1S/C14H16ClFN2O3/c1-3-9(19)7-18-12(20)14(2,17-13(18)21)10-5-4-8(16)6-11(10)15/h4-6,9,19H,3,7H2,1-2H3,(H,17,21)/t9-,14-/m0/s1. The van der Waals surface area contributed by atoms with E-state index >= 15 is 0 Å². The first-order valence-corrected chi connectivity index (χ1v) is 6.95. The van der Waals surface area contributed by atoms with Gasteiger partial charge in [-0.05, 0) is 25.5 Å². The lowest BCUT2D eigenvalue weighted by molar-refractivity contribution is -0.132. The number of carbonyl (C=O) groups excluding carboxylic acids is 2. The van der Waals surface area contributed by atoms with Gasteiger partial charge in [0.1, 0.15) is 11.4 Å². The van der Waals surface area contributed by atoms with E-state index in [1.807, 2.05) is 0 Å². The topological polar surface area (TPSA) is 69.6 Å². The largest absolute Gasteiger partial charge is 0.391 e. The fourth-order valence-electron chi connectivity index (χ4n) is 2.28. The zero-order valence-corrected chi connectivity index (χ0v) is 12.4. The molecule has 0 radical (unpaired) electrons. The summed E-state index contributed by atoms with van der Waals surface area (Å²) in [6.45, 7) is 3.17. The summed E-state index contributed by atoms with van der Waals surface area (Å²) in [6, 6.07) is 3.03. The molecule has 0 aromatic heterocycles. The van der Waals surface area contributed by atoms with Gasteiger partial charge in [0.15, 0.2) is 0 Å². The second-order valence-corrected chi connectivity index (χ2v) is 5.56. The number of benzene rings is 1. The highest BCUT2D eigenvalue weighted by atomic mass is 35.5. The number of carbonyl (C=O) groups is 2. The zero-order valence-electron chi connectivity index (χ0n) is 11.7. The number of urea groups is 1. The third-order valence-electron chi connectivity index (χ3n) is 3.61. The van der Waals surface area contributed by atoms with Crippen LogP contribution in [-0.2, 0) is 10.3 Å². The Morgan fingerprint density at radius 1 is 1.48 bits per heavy atom. The van der Waals surface area contributed by atoms with Crippen molar-refractivity contribution in [3.8, 4) is 0 Å². The van der Waals surface area contributed by atoms with Gasteiger partial charge in [-0.25, -0.2) is 9.18 Å². The lowest BCUT2D eigenvalue weighted by Gasteiger charge is -2.24. The average Bonchev–Trinajstić information content (AvgIpc) is 2.62. The molecule has 2 rings (SSSR count). The normalized spacial score (nSPS) is 23.4. The van der Waals surface area contributed by atoms with Crippen LogP contribution in [0.2, 0.25) is 5.02 Å². The molecule has 1 aromatic carbocycles. The molecule has 1 aliphatic rings. The van der Waals surface area contributed by atoms with Gasteiger partial charge in [-0.15, -0.1) is 0 Å². The number of rotatable bonds is 4. The predicted octanol–water partition coefficient (Wildman–Crippen LogP) is 2.02. The number of amides is 3. The number of aliphatic hydroxyl groups is 1. The summed E-state index contributed by atoms with van der Waals surface area (Å²) in [7, 11) is 0. The van der Waals surface area contributed by atoms with Crippen LogP contribution in [-0.4, -0.2) is 34.6 Å². The van der Waals surface area contributed by atoms with Gasteiger partial charge < -0.3 is 10.4 Å². The Labute approximate surface area is 126 Å². The van der Waals surface area contributed by atoms with Crippen LogP contribution < -0.4 is 5.32 Å². The van der Waals surface area contributed by atoms with Crippen molar-refractivity contribution in [2.75, 3.05) is 6.54 Å². The molecule has 0 aliphatic carbocycles. The van der Waals surface area contributed by atoms with Crippen molar-refractivity contribution < 1.29 is 19.1 Å². The van der Waals surface area contributed by atoms with Crippen molar-refractivity contribution in [3.05, 3.63) is 34.6 Å². The Kier molecular flexibility index (Phi) is 4.20. The van der Waals surface area contributed by atoms with Gasteiger partial charge >= 0.3 is 6.03 Å². The second-order valence-electron chi connectivity index (χ2n) is 5.16. The lowest BCUT2D eigenvalue weighted by atomic mass is 9.92. The Bertz CT molecular complexity index is 596. The van der Waals surface area contributed by atoms with E-state index in [4.69, 9.17) is 11.6 Å². The first kappa shape index (κ1) is 15.7. The van der Waals surface area contributed by atoms with Gasteiger partial charge in [0.2, 0.25) is 0 Å². The number of hydrogen-bond acceptors (Lipinski definition) is 3. The average molecular weight is 315 g/mol. The molecule has 1 fully saturated rings. The van der Waals surface area contributed by atoms with Gasteiger partial charge in [0, 0.05) is 10.6 Å². The van der Waals surface area contributed by atoms with Crippen molar-refractivity contribution in [2.24, 2.45) is 0 Å². The molecule has 1 aromatic rings. The summed E-state index contributed by atoms with van der Waals surface area (Å²) >= 11 is 5.98. The fraction of sp³-hybridized carbons (Fsp3) is 0.429. The van der Waals surface area contributed by atoms with E-state index in [0.29, 0.717) is 12.0 Å². The van der Waals surface area contributed by atoms with Crippen LogP contribution in [0.15, 0.2) is 18.2 Å². The SMILES string of the molecule is CC[C@H](O)CN1C(=O)N[C@@](C)(c2ccc(F)cc2Cl)C1=O. The molecule has 21 heavy (non-hydrogen) atoms. The minimum Gasteiger partial charge on any atom is -0.391 e. The predicted molar refractivity (Wildman–Crippen MR) is 75.3 cm³/mol. The van der Waals surface area contributed by atoms with Gasteiger partial charge in [0.25, 0.3) is 5.91 Å². The molecule has 5 nitrogen and oxygen atoms in total. The highest BCUT2D eigenvalue weighted by Gasteiger charge is 2.50. The molecule has 0 spiro atoms. The van der Waals surface area contributed by atoms with Crippen molar-refractivity contribution >= 4 is 23.5 Å². The number of nitrogens with zero attached hydrogens (tertiary/aromatic N) is 1. The van der Waals surface area contributed by atoms with E-state index in [-0.39, 0.29) is 11.6 Å². The van der Waals surface area contributed by atoms with Gasteiger partial charge in [0.05, 0.1) is 12.6 Å². The van der Waals surface area contributed by atoms with Crippen molar-refractivity contribution in [1.29, 1.82) is 0 Å². The first-order valence-electron chi connectivity index (χ1n) is 6.57. The molecule has 0 saturated carbocycles. The highest BCUT2D eigenvalue weighted by molar-refractivity contribution is 6.32. The highest BCUT2D eigenvalue weighted by Crippen LogP contribution is 2.34. The number of hydrogen-bond donors (Lipinski definition) is 2. The fourth-order valence-corrected chi connectivity index (χ4v) is 2.64. The molecule has 114 valence electrons. The van der Waals surface area contributed by atoms with Gasteiger partial charge in [-0.3, -0.25) is 9.69 Å². The molecule has 3 amide bonds. The number of nitrogens with one attached hydrogen (secondary N) is 1. The summed E-state index contributed by atoms with van der Waals surface area (Å²) in [6.07, 6.45) is -0.365. The molecule has 2 N–H and O–H groups in total. The molecule has 0 unspecified atom stereocenters. The Balaban J connectivity index is 2.36. The number of β-amino-alcohol motifs (C(OH)–C–C–N with tert-alkyl or cyclic N) is 1. The smallest absolute Gasteiger partial charge is 0.325 e. The number of halogens is 2. The summed E-state index contributed by atoms with van der Waals surface area (Å²) < 4.78 is 13.1. The Morgan fingerprint density at radius 3 is 2.71 bits per heavy atom. The van der Waals surface area contributed by atoms with E-state index in [2.05, 4.69) is 5.32 Å². The maximum Gasteiger partial charge on any atom is 0.325 e. The van der Waals surface area contributed by atoms with E-state index in [9.17, 15) is 19.1 Å². The Morgan fingerprint density at radius 2 is 2.14 bits per heavy atom. The van der Waals surface area contributed by atoms with E-state index in [0.717, 1.165) is 11.0 Å². The van der Waals surface area contributed by atoms with Crippen LogP contribution in [0.5, 0.6) is 0 Å². The van der Waals surface area contributed by atoms with Crippen LogP contribution >= 0.6 is 11.6 Å². The minimum atomic E-state index is -1.37. The molecule has 7 heteroatoms. The van der Waals surface area contributed by atoms with E-state index < -0.39 is 29.4 Å². The van der Waals surface area contributed by atoms with Crippen LogP contribution in [0.3, 0.4) is 0 Å². The van der Waals surface area contributed by atoms with E-state index in [1.54, 1.807) is 6.92 Å². The van der Waals surface area contributed by atoms with Gasteiger partial charge in [-0.1, -0.05) is 24.6 Å². The third kappa shape index (κ3) is 2.73. The third-order valence-corrected chi connectivity index (χ3v) is 3.92. The number of aliphatic hydroxyl groups excluding tert-OH is 1. The maximum absolute atomic E-state index is 13.1. The Hall–Kier alpha value is -1.66. The van der Waals surface area contributed by atoms with Gasteiger partial charge in [-0.2, -0.15) is 0 Å². The summed E-state index contributed by atoms with van der Waals surface area (Å²) in [5.41, 5.74) is -1.05. The minimum absolute atomic E-state index is 0.0593. The van der Waals surface area contributed by atoms with Crippen LogP contribution in [0.4, 0.5) is 9.18 Å². The van der Waals surface area contributed by atoms with Crippen molar-refractivity contribution in [1.82, 2.24) is 10.2 Å².